The SMILES string of the molecule is CCCCCCCCCCCCCCCC(=O)O.OB(O)O.[BiH3]. The average Bonchev–Trinajstić information content (AvgIpc) is 2.43. The Morgan fingerprint density at radius 1 is 0.696 bits per heavy atom. The molecule has 0 aliphatic rings. The molecule has 0 fully saturated rings. The van der Waals surface area contributed by atoms with Gasteiger partial charge in [-0.2, -0.15) is 0 Å². The minimum absolute atomic E-state index is 0. The normalized spacial score (nSPS) is 9.57. The molecule has 0 aromatic carbocycles. The number of hydrogen-bond donors (Lipinski definition) is 4. The molecule has 140 valence electrons. The maximum atomic E-state index is 10.3. The molecule has 23 heavy (non-hydrogen) atoms. The van der Waals surface area contributed by atoms with Crippen LogP contribution in [0.25, 0.3) is 0 Å². The van der Waals surface area contributed by atoms with Crippen LogP contribution in [0.2, 0.25) is 0 Å². The van der Waals surface area contributed by atoms with E-state index in [4.69, 9.17) is 20.2 Å². The van der Waals surface area contributed by atoms with E-state index in [0.717, 1.165) is 12.8 Å². The van der Waals surface area contributed by atoms with Gasteiger partial charge < -0.3 is 20.2 Å². The van der Waals surface area contributed by atoms with Crippen LogP contribution in [0, 0.1) is 0 Å². The summed E-state index contributed by atoms with van der Waals surface area (Å²) in [4.78, 5) is 10.3. The van der Waals surface area contributed by atoms with Gasteiger partial charge in [0.2, 0.25) is 0 Å². The summed E-state index contributed by atoms with van der Waals surface area (Å²) < 4.78 is 0. The van der Waals surface area contributed by atoms with Crippen LogP contribution >= 0.6 is 0 Å². The Kier molecular flexibility index (Phi) is 30.0. The summed E-state index contributed by atoms with van der Waals surface area (Å²) in [6.45, 7) is 2.26. The molecule has 4 N–H and O–H groups in total. The molecule has 0 aliphatic heterocycles. The van der Waals surface area contributed by atoms with Gasteiger partial charge in [-0.3, -0.25) is 4.79 Å². The second-order valence-electron chi connectivity index (χ2n) is 5.73. The van der Waals surface area contributed by atoms with Crippen LogP contribution in [0.5, 0.6) is 0 Å². The van der Waals surface area contributed by atoms with Crippen molar-refractivity contribution in [2.45, 2.75) is 96.8 Å². The van der Waals surface area contributed by atoms with Crippen molar-refractivity contribution in [3.63, 3.8) is 0 Å². The van der Waals surface area contributed by atoms with Crippen molar-refractivity contribution >= 4 is 39.5 Å². The Labute approximate surface area is 161 Å². The van der Waals surface area contributed by atoms with E-state index in [2.05, 4.69) is 6.92 Å². The fourth-order valence-corrected chi connectivity index (χ4v) is 2.29. The van der Waals surface area contributed by atoms with E-state index in [-0.39, 0.29) is 26.2 Å². The van der Waals surface area contributed by atoms with Gasteiger partial charge in [-0.15, -0.1) is 0 Å². The molecule has 0 heterocycles. The van der Waals surface area contributed by atoms with Gasteiger partial charge in [-0.1, -0.05) is 84.0 Å². The molecule has 0 unspecified atom stereocenters. The van der Waals surface area contributed by atoms with E-state index in [1.54, 1.807) is 0 Å². The molecule has 0 radical (unpaired) electrons. The summed E-state index contributed by atoms with van der Waals surface area (Å²) in [5, 5.41) is 30.0. The number of unbranched alkanes of at least 4 members (excludes halogenated alkanes) is 12. The number of aliphatic carboxylic acids is 1. The molecule has 5 nitrogen and oxygen atoms in total. The summed E-state index contributed by atoms with van der Waals surface area (Å²) >= 11 is 0. The Morgan fingerprint density at radius 2 is 0.957 bits per heavy atom. The zero-order valence-corrected chi connectivity index (χ0v) is 20.4. The van der Waals surface area contributed by atoms with E-state index >= 15 is 0 Å². The van der Waals surface area contributed by atoms with Crippen LogP contribution in [0.4, 0.5) is 0 Å². The van der Waals surface area contributed by atoms with Crippen LogP contribution in [0.15, 0.2) is 0 Å². The molecule has 0 atom stereocenters. The Balaban J connectivity index is -0.000000712. The van der Waals surface area contributed by atoms with Crippen molar-refractivity contribution in [1.29, 1.82) is 0 Å². The molecule has 0 amide bonds. The molecule has 0 saturated heterocycles. The van der Waals surface area contributed by atoms with Gasteiger partial charge in [0, 0.05) is 6.42 Å². The van der Waals surface area contributed by atoms with Gasteiger partial charge in [0.25, 0.3) is 0 Å². The molecule has 0 bridgehead atoms. The zero-order valence-electron chi connectivity index (χ0n) is 14.9. The van der Waals surface area contributed by atoms with Crippen LogP contribution in [0.3, 0.4) is 0 Å². The summed E-state index contributed by atoms with van der Waals surface area (Å²) in [5.74, 6) is -0.655. The van der Waals surface area contributed by atoms with Crippen LogP contribution in [-0.2, 0) is 4.79 Å². The van der Waals surface area contributed by atoms with E-state index in [1.165, 1.54) is 70.6 Å². The van der Waals surface area contributed by atoms with Crippen molar-refractivity contribution < 1.29 is 25.0 Å². The van der Waals surface area contributed by atoms with Crippen molar-refractivity contribution in [3.8, 4) is 0 Å². The fourth-order valence-electron chi connectivity index (χ4n) is 2.29. The number of carbonyl (C=O) groups is 1. The van der Waals surface area contributed by atoms with Crippen LogP contribution in [0.1, 0.15) is 96.8 Å². The van der Waals surface area contributed by atoms with Crippen molar-refractivity contribution in [2.24, 2.45) is 0 Å². The topological polar surface area (TPSA) is 98.0 Å². The monoisotopic (exact) mass is 530 g/mol. The molecule has 0 saturated carbocycles. The standard InChI is InChI=1S/C16H32O2.BH3O3.Bi.3H/c1-2-3-4-5-6-7-8-9-10-11-12-13-14-15-16(17)18;2-1(3)4;;;;/h2-15H2,1H3,(H,17,18);2-4H;;;;. The molecule has 0 aromatic rings. The van der Waals surface area contributed by atoms with E-state index in [0.29, 0.717) is 6.42 Å². The van der Waals surface area contributed by atoms with E-state index in [9.17, 15) is 4.79 Å². The third kappa shape index (κ3) is 39.3. The van der Waals surface area contributed by atoms with Crippen LogP contribution in [-0.4, -0.2) is 59.7 Å². The fraction of sp³-hybridized carbons (Fsp3) is 0.938. The molecular weight excluding hydrogens is 492 g/mol. The maximum absolute atomic E-state index is 10.3. The number of hydrogen-bond acceptors (Lipinski definition) is 4. The van der Waals surface area contributed by atoms with E-state index in [1.807, 2.05) is 0 Å². The Morgan fingerprint density at radius 3 is 1.22 bits per heavy atom. The number of carboxylic acids is 1. The molecule has 0 aliphatic carbocycles. The molecular formula is C16H38BBiO5. The second kappa shape index (κ2) is 24.5. The number of carboxylic acid groups (broad SMARTS) is 1. The minimum atomic E-state index is -2.17. The number of rotatable bonds is 14. The van der Waals surface area contributed by atoms with Gasteiger partial charge in [-0.25, -0.2) is 0 Å². The van der Waals surface area contributed by atoms with Gasteiger partial charge >= 0.3 is 39.5 Å². The summed E-state index contributed by atoms with van der Waals surface area (Å²) in [7, 11) is -2.17. The third-order valence-electron chi connectivity index (χ3n) is 3.49. The summed E-state index contributed by atoms with van der Waals surface area (Å²) in [5.41, 5.74) is 0. The molecule has 0 rings (SSSR count). The average molecular weight is 530 g/mol. The predicted molar refractivity (Wildman–Crippen MR) is 100 cm³/mol. The zero-order chi connectivity index (χ0) is 17.1. The second-order valence-corrected chi connectivity index (χ2v) is 5.73. The first-order valence-corrected chi connectivity index (χ1v) is 8.76. The predicted octanol–water partition coefficient (Wildman–Crippen LogP) is 2.32. The quantitative estimate of drug-likeness (QED) is 0.204. The third-order valence-corrected chi connectivity index (χ3v) is 3.49. The molecule has 0 aromatic heterocycles. The van der Waals surface area contributed by atoms with Crippen molar-refractivity contribution in [1.82, 2.24) is 0 Å². The molecule has 0 spiro atoms. The van der Waals surface area contributed by atoms with Crippen molar-refractivity contribution in [2.75, 3.05) is 0 Å². The summed E-state index contributed by atoms with van der Waals surface area (Å²) in [6, 6.07) is 0. The first-order valence-electron chi connectivity index (χ1n) is 8.76. The first-order chi connectivity index (χ1) is 10.5. The Bertz CT molecular complexity index is 228. The van der Waals surface area contributed by atoms with Gasteiger partial charge in [0.15, 0.2) is 0 Å². The van der Waals surface area contributed by atoms with Gasteiger partial charge in [-0.05, 0) is 6.42 Å². The summed E-state index contributed by atoms with van der Waals surface area (Å²) in [6.07, 6.45) is 17.3. The van der Waals surface area contributed by atoms with Gasteiger partial charge in [0.1, 0.15) is 0 Å². The first kappa shape index (κ1) is 28.1. The van der Waals surface area contributed by atoms with Gasteiger partial charge in [0.05, 0.1) is 0 Å². The molecule has 7 heteroatoms. The van der Waals surface area contributed by atoms with Crippen LogP contribution < -0.4 is 0 Å². The van der Waals surface area contributed by atoms with Crippen molar-refractivity contribution in [3.05, 3.63) is 0 Å². The van der Waals surface area contributed by atoms with E-state index < -0.39 is 13.3 Å². The Hall–Kier alpha value is 0.298.